The number of halogens is 2. The van der Waals surface area contributed by atoms with Gasteiger partial charge in [-0.15, -0.1) is 0 Å². The summed E-state index contributed by atoms with van der Waals surface area (Å²) in [7, 11) is 0. The lowest BCUT2D eigenvalue weighted by Gasteiger charge is -2.08. The average Bonchev–Trinajstić information content (AvgIpc) is 2.54. The normalized spacial score (nSPS) is 10.3. The van der Waals surface area contributed by atoms with Gasteiger partial charge < -0.3 is 9.47 Å². The van der Waals surface area contributed by atoms with Gasteiger partial charge in [0.25, 0.3) is 0 Å². The van der Waals surface area contributed by atoms with E-state index in [9.17, 15) is 14.0 Å². The number of benzene rings is 2. The molecule has 0 fully saturated rings. The van der Waals surface area contributed by atoms with Gasteiger partial charge in [0.15, 0.2) is 5.78 Å². The quantitative estimate of drug-likeness (QED) is 0.518. The Balaban J connectivity index is 1.74. The highest BCUT2D eigenvalue weighted by Gasteiger charge is 2.08. The lowest BCUT2D eigenvalue weighted by Crippen LogP contribution is -2.10. The third kappa shape index (κ3) is 5.45. The summed E-state index contributed by atoms with van der Waals surface area (Å²) in [5.74, 6) is -0.367. The average molecular weight is 395 g/mol. The van der Waals surface area contributed by atoms with E-state index in [1.165, 1.54) is 13.0 Å². The Morgan fingerprint density at radius 2 is 1.83 bits per heavy atom. The maximum atomic E-state index is 13.6. The standard InChI is InChI=1S/C18H16BrFO4/c1-12(21)13-3-6-16(7-4-13)23-9-8-18(22)24-11-14-2-5-15(19)10-17(14)20/h2-7,10H,8-9,11H2,1H3. The molecule has 0 amide bonds. The third-order valence-corrected chi connectivity index (χ3v) is 3.73. The van der Waals surface area contributed by atoms with Crippen LogP contribution in [-0.4, -0.2) is 18.4 Å². The molecule has 0 aliphatic rings. The van der Waals surface area contributed by atoms with Crippen molar-refractivity contribution in [3.63, 3.8) is 0 Å². The number of esters is 1. The van der Waals surface area contributed by atoms with Gasteiger partial charge in [0.1, 0.15) is 18.2 Å². The zero-order valence-corrected chi connectivity index (χ0v) is 14.6. The molecule has 0 saturated carbocycles. The summed E-state index contributed by atoms with van der Waals surface area (Å²) in [5, 5.41) is 0. The predicted octanol–water partition coefficient (Wildman–Crippen LogP) is 4.30. The first kappa shape index (κ1) is 18.1. The molecule has 0 saturated heterocycles. The Labute approximate surface area is 147 Å². The van der Waals surface area contributed by atoms with Crippen molar-refractivity contribution in [2.24, 2.45) is 0 Å². The number of ketones is 1. The second kappa shape index (κ2) is 8.59. The highest BCUT2D eigenvalue weighted by Crippen LogP contribution is 2.16. The molecule has 0 atom stereocenters. The van der Waals surface area contributed by atoms with E-state index in [1.807, 2.05) is 0 Å². The largest absolute Gasteiger partial charge is 0.493 e. The zero-order chi connectivity index (χ0) is 17.5. The molecule has 2 rings (SSSR count). The van der Waals surface area contributed by atoms with Crippen LogP contribution >= 0.6 is 15.9 Å². The molecule has 0 unspecified atom stereocenters. The second-order valence-electron chi connectivity index (χ2n) is 5.08. The number of Topliss-reactive ketones (excluding diaryl/α,β-unsaturated/α-hetero) is 1. The minimum atomic E-state index is -0.474. The molecule has 0 bridgehead atoms. The Morgan fingerprint density at radius 3 is 2.46 bits per heavy atom. The maximum Gasteiger partial charge on any atom is 0.309 e. The molecular formula is C18H16BrFO4. The summed E-state index contributed by atoms with van der Waals surface area (Å²) in [5.41, 5.74) is 0.908. The van der Waals surface area contributed by atoms with Crippen LogP contribution in [0.5, 0.6) is 5.75 Å². The van der Waals surface area contributed by atoms with Gasteiger partial charge in [-0.25, -0.2) is 4.39 Å². The molecule has 6 heteroatoms. The SMILES string of the molecule is CC(=O)c1ccc(OCCC(=O)OCc2ccc(Br)cc2F)cc1. The molecule has 2 aromatic carbocycles. The molecule has 0 aliphatic carbocycles. The summed E-state index contributed by atoms with van der Waals surface area (Å²) < 4.78 is 24.6. The fourth-order valence-electron chi connectivity index (χ4n) is 1.91. The minimum absolute atomic E-state index is 0.0229. The number of carbonyl (C=O) groups excluding carboxylic acids is 2. The van der Waals surface area contributed by atoms with Gasteiger partial charge in [-0.2, -0.15) is 0 Å². The third-order valence-electron chi connectivity index (χ3n) is 3.24. The van der Waals surface area contributed by atoms with E-state index in [2.05, 4.69) is 15.9 Å². The maximum absolute atomic E-state index is 13.6. The Kier molecular flexibility index (Phi) is 6.49. The first-order chi connectivity index (χ1) is 11.5. The molecule has 126 valence electrons. The van der Waals surface area contributed by atoms with Crippen molar-refractivity contribution in [2.75, 3.05) is 6.61 Å². The van der Waals surface area contributed by atoms with Crippen LogP contribution in [0.1, 0.15) is 29.3 Å². The number of ether oxygens (including phenoxy) is 2. The van der Waals surface area contributed by atoms with E-state index in [4.69, 9.17) is 9.47 Å². The van der Waals surface area contributed by atoms with Gasteiger partial charge in [-0.3, -0.25) is 9.59 Å². The first-order valence-corrected chi connectivity index (χ1v) is 8.08. The van der Waals surface area contributed by atoms with E-state index in [1.54, 1.807) is 36.4 Å². The van der Waals surface area contributed by atoms with Gasteiger partial charge in [-0.1, -0.05) is 22.0 Å². The molecule has 24 heavy (non-hydrogen) atoms. The number of hydrogen-bond acceptors (Lipinski definition) is 4. The first-order valence-electron chi connectivity index (χ1n) is 7.29. The Hall–Kier alpha value is -2.21. The molecule has 0 heterocycles. The molecule has 0 aromatic heterocycles. The van der Waals surface area contributed by atoms with Crippen molar-refractivity contribution >= 4 is 27.7 Å². The lowest BCUT2D eigenvalue weighted by atomic mass is 10.1. The monoisotopic (exact) mass is 394 g/mol. The minimum Gasteiger partial charge on any atom is -0.493 e. The van der Waals surface area contributed by atoms with E-state index < -0.39 is 11.8 Å². The van der Waals surface area contributed by atoms with Gasteiger partial charge in [0.2, 0.25) is 0 Å². The summed E-state index contributed by atoms with van der Waals surface area (Å²) in [6.07, 6.45) is 0.0482. The Bertz CT molecular complexity index is 728. The van der Waals surface area contributed by atoms with Gasteiger partial charge in [0, 0.05) is 15.6 Å². The van der Waals surface area contributed by atoms with Gasteiger partial charge in [0.05, 0.1) is 13.0 Å². The topological polar surface area (TPSA) is 52.6 Å². The molecular weight excluding hydrogens is 379 g/mol. The second-order valence-corrected chi connectivity index (χ2v) is 5.99. The lowest BCUT2D eigenvalue weighted by molar-refractivity contribution is -0.145. The van der Waals surface area contributed by atoms with Gasteiger partial charge >= 0.3 is 5.97 Å². The van der Waals surface area contributed by atoms with Crippen LogP contribution in [0.15, 0.2) is 46.9 Å². The highest BCUT2D eigenvalue weighted by atomic mass is 79.9. The van der Waals surface area contributed by atoms with Crippen LogP contribution in [-0.2, 0) is 16.1 Å². The van der Waals surface area contributed by atoms with Crippen LogP contribution in [0.3, 0.4) is 0 Å². The van der Waals surface area contributed by atoms with E-state index >= 15 is 0 Å². The van der Waals surface area contributed by atoms with E-state index in [0.717, 1.165) is 0 Å². The van der Waals surface area contributed by atoms with Crippen LogP contribution in [0, 0.1) is 5.82 Å². The van der Waals surface area contributed by atoms with Crippen molar-refractivity contribution in [3.05, 3.63) is 63.9 Å². The molecule has 2 aromatic rings. The van der Waals surface area contributed by atoms with Crippen molar-refractivity contribution in [1.29, 1.82) is 0 Å². The molecule has 0 spiro atoms. The predicted molar refractivity (Wildman–Crippen MR) is 90.5 cm³/mol. The van der Waals surface area contributed by atoms with Crippen LogP contribution in [0.4, 0.5) is 4.39 Å². The number of carbonyl (C=O) groups is 2. The summed E-state index contributed by atoms with van der Waals surface area (Å²) >= 11 is 3.16. The smallest absolute Gasteiger partial charge is 0.309 e. The Morgan fingerprint density at radius 1 is 1.12 bits per heavy atom. The van der Waals surface area contributed by atoms with Crippen molar-refractivity contribution in [3.8, 4) is 5.75 Å². The zero-order valence-electron chi connectivity index (χ0n) is 13.1. The van der Waals surface area contributed by atoms with Crippen LogP contribution in [0.25, 0.3) is 0 Å². The highest BCUT2D eigenvalue weighted by molar-refractivity contribution is 9.10. The van der Waals surface area contributed by atoms with E-state index in [-0.39, 0.29) is 25.4 Å². The molecule has 0 aliphatic heterocycles. The fourth-order valence-corrected chi connectivity index (χ4v) is 2.24. The van der Waals surface area contributed by atoms with E-state index in [0.29, 0.717) is 21.3 Å². The number of rotatable bonds is 7. The van der Waals surface area contributed by atoms with Crippen LogP contribution < -0.4 is 4.74 Å². The molecule has 0 N–H and O–H groups in total. The van der Waals surface area contributed by atoms with Crippen molar-refractivity contribution < 1.29 is 23.5 Å². The summed E-state index contributed by atoms with van der Waals surface area (Å²) in [6.45, 7) is 1.51. The summed E-state index contributed by atoms with van der Waals surface area (Å²) in [6, 6.07) is 11.2. The number of hydrogen-bond donors (Lipinski definition) is 0. The van der Waals surface area contributed by atoms with Crippen molar-refractivity contribution in [1.82, 2.24) is 0 Å². The van der Waals surface area contributed by atoms with Crippen molar-refractivity contribution in [2.45, 2.75) is 20.0 Å². The molecule has 4 nitrogen and oxygen atoms in total. The van der Waals surface area contributed by atoms with Gasteiger partial charge in [-0.05, 0) is 43.3 Å². The molecule has 0 radical (unpaired) electrons. The summed E-state index contributed by atoms with van der Waals surface area (Å²) in [4.78, 5) is 22.8. The fraction of sp³-hybridized carbons (Fsp3) is 0.222. The van der Waals surface area contributed by atoms with Crippen LogP contribution in [0.2, 0.25) is 0 Å².